The number of allylic oxidation sites excluding steroid dienone is 1. The van der Waals surface area contributed by atoms with E-state index >= 15 is 0 Å². The quantitative estimate of drug-likeness (QED) is 0.628. The van der Waals surface area contributed by atoms with Crippen LogP contribution in [0.25, 0.3) is 0 Å². The normalized spacial score (nSPS) is 32.9. The first-order valence-corrected chi connectivity index (χ1v) is 5.99. The standard InChI is InChI=1S/C13H12Cl2/c1-8-4-10-7-13(10,6-8)9-2-3-11(14)12(15)5-9/h2-3,5,10H,1,4,6-7H2/t10?,13-/m0/s1. The summed E-state index contributed by atoms with van der Waals surface area (Å²) < 4.78 is 0. The molecule has 0 N–H and O–H groups in total. The highest BCUT2D eigenvalue weighted by Crippen LogP contribution is 2.65. The molecule has 3 rings (SSSR count). The molecule has 0 radical (unpaired) electrons. The third-order valence-electron chi connectivity index (χ3n) is 3.83. The molecule has 0 bridgehead atoms. The van der Waals surface area contributed by atoms with Gasteiger partial charge in [0, 0.05) is 5.41 Å². The number of fused-ring (bicyclic) bond motifs is 1. The van der Waals surface area contributed by atoms with Crippen molar-refractivity contribution in [3.63, 3.8) is 0 Å². The fraction of sp³-hybridized carbons (Fsp3) is 0.385. The van der Waals surface area contributed by atoms with Crippen LogP contribution in [0.1, 0.15) is 24.8 Å². The first kappa shape index (κ1) is 9.74. The molecule has 2 fully saturated rings. The van der Waals surface area contributed by atoms with Crippen LogP contribution in [0.2, 0.25) is 10.0 Å². The van der Waals surface area contributed by atoms with E-state index in [1.54, 1.807) is 0 Å². The van der Waals surface area contributed by atoms with Crippen molar-refractivity contribution in [2.24, 2.45) is 5.92 Å². The van der Waals surface area contributed by atoms with Gasteiger partial charge in [0.25, 0.3) is 0 Å². The fourth-order valence-electron chi connectivity index (χ4n) is 2.99. The van der Waals surface area contributed by atoms with E-state index in [1.165, 1.54) is 24.0 Å². The number of hydrogen-bond acceptors (Lipinski definition) is 0. The largest absolute Gasteiger partial charge is 0.0998 e. The summed E-state index contributed by atoms with van der Waals surface area (Å²) in [5.74, 6) is 0.808. The molecule has 0 saturated heterocycles. The van der Waals surface area contributed by atoms with Gasteiger partial charge in [0.05, 0.1) is 10.0 Å². The molecule has 0 aromatic heterocycles. The van der Waals surface area contributed by atoms with Crippen molar-refractivity contribution < 1.29 is 0 Å². The van der Waals surface area contributed by atoms with Crippen molar-refractivity contribution in [2.45, 2.75) is 24.7 Å². The van der Waals surface area contributed by atoms with Gasteiger partial charge in [-0.2, -0.15) is 0 Å². The van der Waals surface area contributed by atoms with E-state index in [0.29, 0.717) is 15.5 Å². The molecule has 2 aliphatic carbocycles. The lowest BCUT2D eigenvalue weighted by Gasteiger charge is -2.13. The van der Waals surface area contributed by atoms with E-state index in [-0.39, 0.29) is 0 Å². The van der Waals surface area contributed by atoms with Crippen LogP contribution in [-0.2, 0) is 5.41 Å². The molecule has 0 amide bonds. The van der Waals surface area contributed by atoms with Gasteiger partial charge in [0.15, 0.2) is 0 Å². The van der Waals surface area contributed by atoms with E-state index in [2.05, 4.69) is 12.6 Å². The van der Waals surface area contributed by atoms with Crippen LogP contribution in [0.5, 0.6) is 0 Å². The van der Waals surface area contributed by atoms with Crippen molar-refractivity contribution in [1.29, 1.82) is 0 Å². The summed E-state index contributed by atoms with van der Waals surface area (Å²) in [6.07, 6.45) is 3.62. The Morgan fingerprint density at radius 3 is 2.67 bits per heavy atom. The van der Waals surface area contributed by atoms with Crippen molar-refractivity contribution in [3.05, 3.63) is 46.0 Å². The maximum Gasteiger partial charge on any atom is 0.0595 e. The number of hydrogen-bond donors (Lipinski definition) is 0. The fourth-order valence-corrected chi connectivity index (χ4v) is 3.29. The van der Waals surface area contributed by atoms with Gasteiger partial charge in [-0.25, -0.2) is 0 Å². The van der Waals surface area contributed by atoms with Crippen LogP contribution in [0, 0.1) is 5.92 Å². The molecule has 0 heterocycles. The van der Waals surface area contributed by atoms with Crippen molar-refractivity contribution >= 4 is 23.2 Å². The van der Waals surface area contributed by atoms with Gasteiger partial charge < -0.3 is 0 Å². The molecule has 1 aromatic rings. The molecule has 0 nitrogen and oxygen atoms in total. The summed E-state index contributed by atoms with van der Waals surface area (Å²) in [4.78, 5) is 0. The molecule has 78 valence electrons. The highest BCUT2D eigenvalue weighted by molar-refractivity contribution is 6.42. The third-order valence-corrected chi connectivity index (χ3v) is 4.57. The van der Waals surface area contributed by atoms with Gasteiger partial charge in [-0.1, -0.05) is 41.4 Å². The minimum atomic E-state index is 0.366. The Bertz CT molecular complexity index is 450. The van der Waals surface area contributed by atoms with Crippen molar-refractivity contribution in [1.82, 2.24) is 0 Å². The van der Waals surface area contributed by atoms with E-state index in [4.69, 9.17) is 23.2 Å². The molecule has 2 saturated carbocycles. The van der Waals surface area contributed by atoms with Crippen LogP contribution < -0.4 is 0 Å². The Morgan fingerprint density at radius 2 is 2.07 bits per heavy atom. The van der Waals surface area contributed by atoms with Crippen LogP contribution >= 0.6 is 23.2 Å². The number of benzene rings is 1. The van der Waals surface area contributed by atoms with Crippen LogP contribution in [0.4, 0.5) is 0 Å². The molecule has 0 aliphatic heterocycles. The van der Waals surface area contributed by atoms with E-state index in [0.717, 1.165) is 12.3 Å². The van der Waals surface area contributed by atoms with Gasteiger partial charge in [-0.05, 0) is 42.9 Å². The zero-order valence-corrected chi connectivity index (χ0v) is 9.91. The molecule has 15 heavy (non-hydrogen) atoms. The zero-order chi connectivity index (χ0) is 10.6. The van der Waals surface area contributed by atoms with E-state index in [1.807, 2.05) is 12.1 Å². The van der Waals surface area contributed by atoms with Gasteiger partial charge in [0.1, 0.15) is 0 Å². The lowest BCUT2D eigenvalue weighted by molar-refractivity contribution is 0.691. The second kappa shape index (κ2) is 3.02. The third kappa shape index (κ3) is 1.35. The Morgan fingerprint density at radius 1 is 1.27 bits per heavy atom. The predicted molar refractivity (Wildman–Crippen MR) is 64.6 cm³/mol. The molecule has 2 aliphatic rings. The maximum absolute atomic E-state index is 6.05. The number of halogens is 2. The summed E-state index contributed by atoms with van der Waals surface area (Å²) in [5.41, 5.74) is 3.10. The maximum atomic E-state index is 6.05. The second-order valence-electron chi connectivity index (χ2n) is 4.82. The lowest BCUT2D eigenvalue weighted by atomic mass is 9.92. The molecule has 2 heteroatoms. The highest BCUT2D eigenvalue weighted by atomic mass is 35.5. The van der Waals surface area contributed by atoms with Gasteiger partial charge in [-0.15, -0.1) is 0 Å². The minimum Gasteiger partial charge on any atom is -0.0998 e. The first-order valence-electron chi connectivity index (χ1n) is 5.24. The van der Waals surface area contributed by atoms with Crippen LogP contribution in [0.15, 0.2) is 30.4 Å². The smallest absolute Gasteiger partial charge is 0.0595 e. The Hall–Kier alpha value is -0.460. The van der Waals surface area contributed by atoms with Crippen LogP contribution in [-0.4, -0.2) is 0 Å². The Labute approximate surface area is 99.9 Å². The monoisotopic (exact) mass is 238 g/mol. The summed E-state index contributed by atoms with van der Waals surface area (Å²) in [5, 5.41) is 1.32. The summed E-state index contributed by atoms with van der Waals surface area (Å²) in [6.45, 7) is 4.09. The lowest BCUT2D eigenvalue weighted by Crippen LogP contribution is -2.05. The Kier molecular flexibility index (Phi) is 1.96. The molecule has 2 atom stereocenters. The molecular weight excluding hydrogens is 227 g/mol. The van der Waals surface area contributed by atoms with Crippen LogP contribution in [0.3, 0.4) is 0 Å². The van der Waals surface area contributed by atoms with Gasteiger partial charge in [-0.3, -0.25) is 0 Å². The molecule has 0 spiro atoms. The van der Waals surface area contributed by atoms with Crippen molar-refractivity contribution in [2.75, 3.05) is 0 Å². The predicted octanol–water partition coefficient (Wildman–Crippen LogP) is 4.60. The average molecular weight is 239 g/mol. The first-order chi connectivity index (χ1) is 7.12. The molecule has 1 unspecified atom stereocenters. The molecular formula is C13H12Cl2. The van der Waals surface area contributed by atoms with E-state index in [9.17, 15) is 0 Å². The minimum absolute atomic E-state index is 0.366. The number of rotatable bonds is 1. The summed E-state index contributed by atoms with van der Waals surface area (Å²) in [7, 11) is 0. The highest BCUT2D eigenvalue weighted by Gasteiger charge is 2.58. The SMILES string of the molecule is C=C1CC2C[C@]2(c2ccc(Cl)c(Cl)c2)C1. The zero-order valence-electron chi connectivity index (χ0n) is 8.39. The van der Waals surface area contributed by atoms with Gasteiger partial charge >= 0.3 is 0 Å². The Balaban J connectivity index is 2.01. The average Bonchev–Trinajstić information content (AvgIpc) is 2.75. The molecule has 1 aromatic carbocycles. The summed E-state index contributed by atoms with van der Waals surface area (Å²) in [6, 6.07) is 6.06. The summed E-state index contributed by atoms with van der Waals surface area (Å²) >= 11 is 12.0. The van der Waals surface area contributed by atoms with Crippen molar-refractivity contribution in [3.8, 4) is 0 Å². The van der Waals surface area contributed by atoms with Gasteiger partial charge in [0.2, 0.25) is 0 Å². The van der Waals surface area contributed by atoms with E-state index < -0.39 is 0 Å². The second-order valence-corrected chi connectivity index (χ2v) is 5.63. The topological polar surface area (TPSA) is 0 Å².